The fraction of sp³-hybridized carbons (Fsp3) is 0.538. The van der Waals surface area contributed by atoms with Gasteiger partial charge in [-0.05, 0) is 39.2 Å². The molecule has 17 heavy (non-hydrogen) atoms. The molecule has 0 aliphatic carbocycles. The summed E-state index contributed by atoms with van der Waals surface area (Å²) in [5, 5.41) is 11.1. The van der Waals surface area contributed by atoms with E-state index < -0.39 is 0 Å². The van der Waals surface area contributed by atoms with Crippen LogP contribution in [0, 0.1) is 10.1 Å². The van der Waals surface area contributed by atoms with Gasteiger partial charge in [0, 0.05) is 18.2 Å². The molecule has 1 fully saturated rings. The zero-order valence-electron chi connectivity index (χ0n) is 10.3. The quantitative estimate of drug-likeness (QED) is 0.582. The molecular formula is C13H18N2O2. The summed E-state index contributed by atoms with van der Waals surface area (Å²) in [6.07, 6.45) is 3.39. The van der Waals surface area contributed by atoms with Crippen molar-refractivity contribution < 1.29 is 4.92 Å². The molecule has 1 heterocycles. The lowest BCUT2D eigenvalue weighted by Crippen LogP contribution is -2.47. The van der Waals surface area contributed by atoms with Gasteiger partial charge in [0.25, 0.3) is 5.69 Å². The molecule has 1 aliphatic heterocycles. The maximum Gasteiger partial charge on any atom is 0.292 e. The standard InChI is InChI=1S/C13H18N2O2/c1-13(2)9-5-6-10-14(13)11-7-3-4-8-12(11)15(16)17/h3-4,7-8H,5-6,9-10H2,1-2H3. The summed E-state index contributed by atoms with van der Waals surface area (Å²) in [5.41, 5.74) is 0.967. The monoisotopic (exact) mass is 234 g/mol. The van der Waals surface area contributed by atoms with E-state index >= 15 is 0 Å². The molecule has 1 saturated heterocycles. The SMILES string of the molecule is CC1(C)CCCCN1c1ccccc1[N+](=O)[O-]. The van der Waals surface area contributed by atoms with Gasteiger partial charge in [-0.1, -0.05) is 12.1 Å². The zero-order chi connectivity index (χ0) is 12.5. The molecule has 4 heteroatoms. The number of hydrogen-bond acceptors (Lipinski definition) is 3. The fourth-order valence-corrected chi connectivity index (χ4v) is 2.56. The van der Waals surface area contributed by atoms with Crippen LogP contribution in [0.1, 0.15) is 33.1 Å². The van der Waals surface area contributed by atoms with Crippen molar-refractivity contribution >= 4 is 11.4 Å². The Morgan fingerprint density at radius 1 is 1.29 bits per heavy atom. The molecule has 0 saturated carbocycles. The number of nitro benzene ring substituents is 1. The first-order chi connectivity index (χ1) is 8.02. The third-order valence-corrected chi connectivity index (χ3v) is 3.52. The average molecular weight is 234 g/mol. The Bertz CT molecular complexity index is 429. The first kappa shape index (κ1) is 11.9. The Balaban J connectivity index is 2.42. The van der Waals surface area contributed by atoms with Gasteiger partial charge in [0.15, 0.2) is 0 Å². The van der Waals surface area contributed by atoms with Crippen LogP contribution in [0.5, 0.6) is 0 Å². The molecule has 0 N–H and O–H groups in total. The lowest BCUT2D eigenvalue weighted by atomic mass is 9.89. The highest BCUT2D eigenvalue weighted by Gasteiger charge is 2.33. The summed E-state index contributed by atoms with van der Waals surface area (Å²) in [5.74, 6) is 0. The number of hydrogen-bond donors (Lipinski definition) is 0. The van der Waals surface area contributed by atoms with Gasteiger partial charge in [-0.25, -0.2) is 0 Å². The Morgan fingerprint density at radius 2 is 2.00 bits per heavy atom. The second kappa shape index (κ2) is 4.35. The van der Waals surface area contributed by atoms with Crippen LogP contribution in [0.2, 0.25) is 0 Å². The predicted octanol–water partition coefficient (Wildman–Crippen LogP) is 3.36. The van der Waals surface area contributed by atoms with Crippen LogP contribution < -0.4 is 4.90 Å². The molecule has 0 aromatic heterocycles. The van der Waals surface area contributed by atoms with Crippen molar-refractivity contribution in [2.75, 3.05) is 11.4 Å². The van der Waals surface area contributed by atoms with Gasteiger partial charge in [-0.15, -0.1) is 0 Å². The van der Waals surface area contributed by atoms with E-state index in [1.807, 2.05) is 12.1 Å². The summed E-state index contributed by atoms with van der Waals surface area (Å²) in [6, 6.07) is 7.02. The summed E-state index contributed by atoms with van der Waals surface area (Å²) >= 11 is 0. The first-order valence-corrected chi connectivity index (χ1v) is 6.03. The molecule has 4 nitrogen and oxygen atoms in total. The Morgan fingerprint density at radius 3 is 2.65 bits per heavy atom. The van der Waals surface area contributed by atoms with E-state index in [1.165, 1.54) is 6.42 Å². The molecule has 1 aromatic rings. The van der Waals surface area contributed by atoms with Crippen molar-refractivity contribution in [3.8, 4) is 0 Å². The minimum Gasteiger partial charge on any atom is -0.361 e. The first-order valence-electron chi connectivity index (χ1n) is 6.03. The van der Waals surface area contributed by atoms with E-state index in [9.17, 15) is 10.1 Å². The van der Waals surface area contributed by atoms with Crippen LogP contribution in [-0.2, 0) is 0 Å². The Labute approximate surface area is 101 Å². The third kappa shape index (κ3) is 2.25. The van der Waals surface area contributed by atoms with Crippen LogP contribution in [0.25, 0.3) is 0 Å². The second-order valence-electron chi connectivity index (χ2n) is 5.17. The van der Waals surface area contributed by atoms with Gasteiger partial charge in [-0.2, -0.15) is 0 Å². The van der Waals surface area contributed by atoms with Crippen molar-refractivity contribution in [3.05, 3.63) is 34.4 Å². The van der Waals surface area contributed by atoms with Crippen LogP contribution in [0.4, 0.5) is 11.4 Å². The summed E-state index contributed by atoms with van der Waals surface area (Å²) in [4.78, 5) is 12.9. The predicted molar refractivity (Wildman–Crippen MR) is 68.4 cm³/mol. The Hall–Kier alpha value is -1.58. The molecule has 1 aliphatic rings. The number of para-hydroxylation sites is 2. The highest BCUT2D eigenvalue weighted by Crippen LogP contribution is 2.37. The van der Waals surface area contributed by atoms with E-state index in [-0.39, 0.29) is 16.1 Å². The van der Waals surface area contributed by atoms with Crippen LogP contribution in [-0.4, -0.2) is 17.0 Å². The number of rotatable bonds is 2. The maximum absolute atomic E-state index is 11.1. The lowest BCUT2D eigenvalue weighted by molar-refractivity contribution is -0.384. The molecule has 0 spiro atoms. The van der Waals surface area contributed by atoms with E-state index in [0.29, 0.717) is 0 Å². The minimum absolute atomic E-state index is 0.00433. The minimum atomic E-state index is -0.292. The maximum atomic E-state index is 11.1. The number of benzene rings is 1. The van der Waals surface area contributed by atoms with Gasteiger partial charge in [0.05, 0.1) is 4.92 Å². The van der Waals surface area contributed by atoms with Gasteiger partial charge in [0.1, 0.15) is 5.69 Å². The fourth-order valence-electron chi connectivity index (χ4n) is 2.56. The smallest absolute Gasteiger partial charge is 0.292 e. The molecule has 0 unspecified atom stereocenters. The molecule has 0 amide bonds. The highest BCUT2D eigenvalue weighted by atomic mass is 16.6. The summed E-state index contributed by atoms with van der Waals surface area (Å²) in [6.45, 7) is 5.21. The van der Waals surface area contributed by atoms with Gasteiger partial charge < -0.3 is 4.90 Å². The summed E-state index contributed by atoms with van der Waals surface area (Å²) < 4.78 is 0. The van der Waals surface area contributed by atoms with E-state index in [1.54, 1.807) is 12.1 Å². The zero-order valence-corrected chi connectivity index (χ0v) is 10.3. The van der Waals surface area contributed by atoms with Crippen LogP contribution in [0.3, 0.4) is 0 Å². The van der Waals surface area contributed by atoms with E-state index in [2.05, 4.69) is 18.7 Å². The van der Waals surface area contributed by atoms with Crippen molar-refractivity contribution in [2.24, 2.45) is 0 Å². The number of nitro groups is 1. The van der Waals surface area contributed by atoms with Crippen molar-refractivity contribution in [1.82, 2.24) is 0 Å². The lowest BCUT2D eigenvalue weighted by Gasteiger charge is -2.43. The number of piperidine rings is 1. The van der Waals surface area contributed by atoms with Gasteiger partial charge in [0.2, 0.25) is 0 Å². The van der Waals surface area contributed by atoms with E-state index in [4.69, 9.17) is 0 Å². The third-order valence-electron chi connectivity index (χ3n) is 3.52. The second-order valence-corrected chi connectivity index (χ2v) is 5.17. The van der Waals surface area contributed by atoms with Gasteiger partial charge >= 0.3 is 0 Å². The number of anilines is 1. The largest absolute Gasteiger partial charge is 0.361 e. The van der Waals surface area contributed by atoms with Crippen molar-refractivity contribution in [1.29, 1.82) is 0 Å². The Kier molecular flexibility index (Phi) is 3.05. The molecule has 0 atom stereocenters. The number of nitrogens with zero attached hydrogens (tertiary/aromatic N) is 2. The molecule has 92 valence electrons. The van der Waals surface area contributed by atoms with Crippen molar-refractivity contribution in [2.45, 2.75) is 38.6 Å². The molecule has 1 aromatic carbocycles. The van der Waals surface area contributed by atoms with Crippen LogP contribution >= 0.6 is 0 Å². The highest BCUT2D eigenvalue weighted by molar-refractivity contribution is 5.64. The van der Waals surface area contributed by atoms with Crippen LogP contribution in [0.15, 0.2) is 24.3 Å². The van der Waals surface area contributed by atoms with E-state index in [0.717, 1.165) is 25.1 Å². The molecule has 0 bridgehead atoms. The average Bonchev–Trinajstić information content (AvgIpc) is 2.28. The summed E-state index contributed by atoms with van der Waals surface area (Å²) in [7, 11) is 0. The van der Waals surface area contributed by atoms with Crippen molar-refractivity contribution in [3.63, 3.8) is 0 Å². The molecule has 0 radical (unpaired) electrons. The molecular weight excluding hydrogens is 216 g/mol. The molecule has 2 rings (SSSR count). The topological polar surface area (TPSA) is 46.4 Å². The van der Waals surface area contributed by atoms with Gasteiger partial charge in [-0.3, -0.25) is 10.1 Å². The normalized spacial score (nSPS) is 19.1.